The third-order valence-electron chi connectivity index (χ3n) is 5.16. The molecule has 0 spiro atoms. The van der Waals surface area contributed by atoms with Crippen molar-refractivity contribution in [3.05, 3.63) is 122 Å². The Hall–Kier alpha value is -3.70. The molecule has 0 aromatic heterocycles. The van der Waals surface area contributed by atoms with E-state index in [0.29, 0.717) is 25.6 Å². The molecule has 0 aliphatic heterocycles. The van der Waals surface area contributed by atoms with E-state index in [9.17, 15) is 18.0 Å². The first-order valence-corrected chi connectivity index (χ1v) is 14.1. The number of benzene rings is 4. The van der Waals surface area contributed by atoms with Crippen LogP contribution in [0.4, 0.5) is 5.69 Å². The van der Waals surface area contributed by atoms with Crippen molar-refractivity contribution in [2.75, 3.05) is 4.72 Å². The molecule has 0 aliphatic carbocycles. The first-order chi connectivity index (χ1) is 18.6. The third kappa shape index (κ3) is 7.45. The summed E-state index contributed by atoms with van der Waals surface area (Å²) < 4.78 is 34.2. The molecule has 12 heteroatoms. The molecule has 4 rings (SSSR count). The summed E-state index contributed by atoms with van der Waals surface area (Å²) in [6.07, 6.45) is 1.30. The minimum absolute atomic E-state index is 0.0181. The highest BCUT2D eigenvalue weighted by molar-refractivity contribution is 9.10. The Kier molecular flexibility index (Phi) is 9.03. The minimum atomic E-state index is -3.98. The molecule has 0 saturated carbocycles. The number of anilines is 1. The van der Waals surface area contributed by atoms with Crippen molar-refractivity contribution >= 4 is 72.9 Å². The number of hydrogen-bond donors (Lipinski definition) is 2. The lowest BCUT2D eigenvalue weighted by Gasteiger charge is -2.12. The van der Waals surface area contributed by atoms with Crippen LogP contribution in [0.25, 0.3) is 0 Å². The molecule has 8 nitrogen and oxygen atoms in total. The van der Waals surface area contributed by atoms with Crippen molar-refractivity contribution < 1.29 is 22.7 Å². The number of amides is 1. The molecule has 0 saturated heterocycles. The summed E-state index contributed by atoms with van der Waals surface area (Å²) in [5, 5.41) is 4.84. The zero-order valence-electron chi connectivity index (χ0n) is 19.8. The van der Waals surface area contributed by atoms with Gasteiger partial charge in [0, 0.05) is 20.1 Å². The summed E-state index contributed by atoms with van der Waals surface area (Å²) in [6, 6.07) is 22.8. The molecule has 39 heavy (non-hydrogen) atoms. The van der Waals surface area contributed by atoms with Gasteiger partial charge in [0.1, 0.15) is 5.75 Å². The van der Waals surface area contributed by atoms with Crippen molar-refractivity contribution in [3.8, 4) is 5.75 Å². The van der Waals surface area contributed by atoms with Crippen molar-refractivity contribution in [2.24, 2.45) is 5.10 Å². The average molecular weight is 647 g/mol. The van der Waals surface area contributed by atoms with Gasteiger partial charge in [-0.1, -0.05) is 51.3 Å². The quantitative estimate of drug-likeness (QED) is 0.0977. The maximum Gasteiger partial charge on any atom is 0.343 e. The van der Waals surface area contributed by atoms with Crippen LogP contribution >= 0.6 is 39.1 Å². The highest BCUT2D eigenvalue weighted by Crippen LogP contribution is 2.24. The molecule has 2 N–H and O–H groups in total. The van der Waals surface area contributed by atoms with Gasteiger partial charge in [-0.3, -0.25) is 9.52 Å². The van der Waals surface area contributed by atoms with Crippen LogP contribution in [-0.4, -0.2) is 26.5 Å². The molecular formula is C27H18BrCl2N3O5S. The smallest absolute Gasteiger partial charge is 0.343 e. The lowest BCUT2D eigenvalue weighted by atomic mass is 10.2. The number of carbonyl (C=O) groups excluding carboxylic acids is 2. The molecule has 0 aliphatic rings. The number of esters is 1. The molecule has 0 unspecified atom stereocenters. The largest absolute Gasteiger partial charge is 0.422 e. The number of halogens is 3. The summed E-state index contributed by atoms with van der Waals surface area (Å²) in [7, 11) is -3.98. The fourth-order valence-electron chi connectivity index (χ4n) is 3.27. The fraction of sp³-hybridized carbons (Fsp3) is 0. The third-order valence-corrected chi connectivity index (χ3v) is 7.54. The number of carbonyl (C=O) groups is 2. The maximum atomic E-state index is 12.9. The molecule has 4 aromatic rings. The van der Waals surface area contributed by atoms with E-state index in [0.717, 1.165) is 0 Å². The Balaban J connectivity index is 1.50. The lowest BCUT2D eigenvalue weighted by Crippen LogP contribution is -2.21. The maximum absolute atomic E-state index is 12.9. The van der Waals surface area contributed by atoms with Crippen LogP contribution in [0.1, 0.15) is 26.3 Å². The average Bonchev–Trinajstić information content (AvgIpc) is 2.90. The number of rotatable bonds is 8. The van der Waals surface area contributed by atoms with Crippen LogP contribution in [-0.2, 0) is 10.0 Å². The van der Waals surface area contributed by atoms with Crippen LogP contribution in [0.5, 0.6) is 5.75 Å². The van der Waals surface area contributed by atoms with Crippen molar-refractivity contribution in [2.45, 2.75) is 4.90 Å². The van der Waals surface area contributed by atoms with Gasteiger partial charge in [0.15, 0.2) is 0 Å². The van der Waals surface area contributed by atoms with Crippen LogP contribution < -0.4 is 14.9 Å². The Bertz CT molecular complexity index is 1660. The standard InChI is InChI=1S/C27H18BrCl2N3O5S/c28-19-7-14-25(38-27(35)17-5-8-20(29)9-6-17)18(15-19)16-31-32-26(34)23-3-1-2-4-24(23)33-39(36,37)22-12-10-21(30)11-13-22/h1-16,33H,(H,32,34). The van der Waals surface area contributed by atoms with E-state index in [2.05, 4.69) is 31.2 Å². The van der Waals surface area contributed by atoms with Crippen molar-refractivity contribution in [1.82, 2.24) is 5.43 Å². The number of ether oxygens (including phenoxy) is 1. The second kappa shape index (κ2) is 12.4. The molecule has 198 valence electrons. The Morgan fingerprint density at radius 3 is 2.21 bits per heavy atom. The predicted molar refractivity (Wildman–Crippen MR) is 154 cm³/mol. The molecule has 1 amide bonds. The molecular weight excluding hydrogens is 629 g/mol. The van der Waals surface area contributed by atoms with Gasteiger partial charge in [-0.15, -0.1) is 0 Å². The SMILES string of the molecule is O=C(Oc1ccc(Br)cc1C=NNC(=O)c1ccccc1NS(=O)(=O)c1ccc(Cl)cc1)c1ccc(Cl)cc1. The van der Waals surface area contributed by atoms with Crippen LogP contribution in [0.2, 0.25) is 10.0 Å². The second-order valence-corrected chi connectivity index (χ2v) is 11.4. The summed E-state index contributed by atoms with van der Waals surface area (Å²) in [5.41, 5.74) is 3.15. The molecule has 4 aromatic carbocycles. The van der Waals surface area contributed by atoms with Gasteiger partial charge >= 0.3 is 5.97 Å². The van der Waals surface area contributed by atoms with Crippen molar-refractivity contribution in [1.29, 1.82) is 0 Å². The molecule has 0 heterocycles. The summed E-state index contributed by atoms with van der Waals surface area (Å²) in [5.74, 6) is -1.07. The van der Waals surface area contributed by atoms with Crippen LogP contribution in [0, 0.1) is 0 Å². The van der Waals surface area contributed by atoms with Gasteiger partial charge in [0.2, 0.25) is 0 Å². The summed E-state index contributed by atoms with van der Waals surface area (Å²) in [6.45, 7) is 0. The minimum Gasteiger partial charge on any atom is -0.422 e. The number of hydrogen-bond acceptors (Lipinski definition) is 6. The summed E-state index contributed by atoms with van der Waals surface area (Å²) >= 11 is 15.1. The van der Waals surface area contributed by atoms with E-state index in [1.54, 1.807) is 42.5 Å². The number of nitrogens with one attached hydrogen (secondary N) is 2. The highest BCUT2D eigenvalue weighted by atomic mass is 79.9. The number of nitrogens with zero attached hydrogens (tertiary/aromatic N) is 1. The van der Waals surface area contributed by atoms with Gasteiger partial charge in [0.25, 0.3) is 15.9 Å². The van der Waals surface area contributed by atoms with Gasteiger partial charge in [-0.2, -0.15) is 5.10 Å². The van der Waals surface area contributed by atoms with E-state index in [1.807, 2.05) is 0 Å². The topological polar surface area (TPSA) is 114 Å². The number of para-hydroxylation sites is 1. The monoisotopic (exact) mass is 645 g/mol. The fourth-order valence-corrected chi connectivity index (χ4v) is 4.98. The van der Waals surface area contributed by atoms with E-state index in [1.165, 1.54) is 54.7 Å². The Morgan fingerprint density at radius 1 is 0.872 bits per heavy atom. The Labute approximate surface area is 242 Å². The first kappa shape index (κ1) is 28.3. The van der Waals surface area contributed by atoms with E-state index in [-0.39, 0.29) is 21.9 Å². The highest BCUT2D eigenvalue weighted by Gasteiger charge is 2.19. The number of sulfonamides is 1. The second-order valence-electron chi connectivity index (χ2n) is 7.88. The zero-order valence-corrected chi connectivity index (χ0v) is 23.7. The Morgan fingerprint density at radius 2 is 1.51 bits per heavy atom. The molecule has 0 radical (unpaired) electrons. The van der Waals surface area contributed by atoms with E-state index >= 15 is 0 Å². The van der Waals surface area contributed by atoms with Crippen molar-refractivity contribution in [3.63, 3.8) is 0 Å². The van der Waals surface area contributed by atoms with Crippen LogP contribution in [0.3, 0.4) is 0 Å². The van der Waals surface area contributed by atoms with Gasteiger partial charge in [-0.05, 0) is 78.9 Å². The first-order valence-electron chi connectivity index (χ1n) is 11.1. The van der Waals surface area contributed by atoms with Gasteiger partial charge < -0.3 is 4.74 Å². The van der Waals surface area contributed by atoms with E-state index < -0.39 is 21.9 Å². The van der Waals surface area contributed by atoms with Gasteiger partial charge in [-0.25, -0.2) is 18.6 Å². The van der Waals surface area contributed by atoms with E-state index in [4.69, 9.17) is 27.9 Å². The number of hydrazone groups is 1. The lowest BCUT2D eigenvalue weighted by molar-refractivity contribution is 0.0734. The molecule has 0 bridgehead atoms. The predicted octanol–water partition coefficient (Wildman–Crippen LogP) is 6.54. The molecule has 0 fully saturated rings. The van der Waals surface area contributed by atoms with Crippen LogP contribution in [0.15, 0.2) is 105 Å². The zero-order chi connectivity index (χ0) is 28.0. The van der Waals surface area contributed by atoms with Gasteiger partial charge in [0.05, 0.1) is 27.9 Å². The normalized spacial score (nSPS) is 11.3. The molecule has 0 atom stereocenters. The summed E-state index contributed by atoms with van der Waals surface area (Å²) in [4.78, 5) is 25.4.